The summed E-state index contributed by atoms with van der Waals surface area (Å²) in [5.74, 6) is 0.856. The second-order valence-electron chi connectivity index (χ2n) is 7.11. The molecule has 2 fully saturated rings. The Balaban J connectivity index is 1.52. The molecule has 0 bridgehead atoms. The van der Waals surface area contributed by atoms with Crippen LogP contribution in [0.3, 0.4) is 0 Å². The SMILES string of the molecule is Cc1ccc([C@]2(O)CC[C@H]3CN(Cc4cccnc4)C[C@H]32)nc1. The summed E-state index contributed by atoms with van der Waals surface area (Å²) in [5, 5.41) is 11.3. The second-order valence-corrected chi connectivity index (χ2v) is 7.11. The third kappa shape index (κ3) is 2.66. The molecular formula is C19H23N3O. The van der Waals surface area contributed by atoms with Gasteiger partial charge in [-0.3, -0.25) is 14.9 Å². The molecule has 2 aromatic rings. The first-order valence-electron chi connectivity index (χ1n) is 8.42. The predicted molar refractivity (Wildman–Crippen MR) is 88.6 cm³/mol. The summed E-state index contributed by atoms with van der Waals surface area (Å²) >= 11 is 0. The highest BCUT2D eigenvalue weighted by atomic mass is 16.3. The number of pyridine rings is 2. The summed E-state index contributed by atoms with van der Waals surface area (Å²) in [5.41, 5.74) is 2.46. The number of aliphatic hydroxyl groups is 1. The fraction of sp³-hybridized carbons (Fsp3) is 0.474. The van der Waals surface area contributed by atoms with E-state index >= 15 is 0 Å². The maximum atomic E-state index is 11.3. The normalized spacial score (nSPS) is 30.5. The fourth-order valence-electron chi connectivity index (χ4n) is 4.31. The highest BCUT2D eigenvalue weighted by molar-refractivity contribution is 5.22. The van der Waals surface area contributed by atoms with Gasteiger partial charge < -0.3 is 5.11 Å². The van der Waals surface area contributed by atoms with Gasteiger partial charge in [-0.05, 0) is 48.9 Å². The quantitative estimate of drug-likeness (QED) is 0.946. The lowest BCUT2D eigenvalue weighted by atomic mass is 9.85. The minimum absolute atomic E-state index is 0.286. The molecule has 3 heterocycles. The fourth-order valence-corrected chi connectivity index (χ4v) is 4.31. The van der Waals surface area contributed by atoms with Crippen molar-refractivity contribution in [3.05, 3.63) is 59.7 Å². The lowest BCUT2D eigenvalue weighted by Gasteiger charge is -2.29. The van der Waals surface area contributed by atoms with Crippen LogP contribution in [0.25, 0.3) is 0 Å². The molecule has 23 heavy (non-hydrogen) atoms. The molecule has 0 spiro atoms. The first kappa shape index (κ1) is 14.8. The van der Waals surface area contributed by atoms with E-state index in [1.54, 1.807) is 0 Å². The van der Waals surface area contributed by atoms with Gasteiger partial charge in [0.15, 0.2) is 0 Å². The zero-order valence-corrected chi connectivity index (χ0v) is 13.5. The molecule has 1 aliphatic carbocycles. The van der Waals surface area contributed by atoms with E-state index in [-0.39, 0.29) is 5.92 Å². The van der Waals surface area contributed by atoms with E-state index in [9.17, 15) is 5.11 Å². The summed E-state index contributed by atoms with van der Waals surface area (Å²) < 4.78 is 0. The maximum Gasteiger partial charge on any atom is 0.111 e. The van der Waals surface area contributed by atoms with Gasteiger partial charge >= 0.3 is 0 Å². The average Bonchev–Trinajstić information content (AvgIpc) is 3.10. The van der Waals surface area contributed by atoms with Crippen LogP contribution in [-0.2, 0) is 12.1 Å². The smallest absolute Gasteiger partial charge is 0.111 e. The van der Waals surface area contributed by atoms with Crippen molar-refractivity contribution in [2.75, 3.05) is 13.1 Å². The van der Waals surface area contributed by atoms with Gasteiger partial charge in [-0.15, -0.1) is 0 Å². The Labute approximate surface area is 137 Å². The molecule has 4 nitrogen and oxygen atoms in total. The number of hydrogen-bond acceptors (Lipinski definition) is 4. The van der Waals surface area contributed by atoms with Gasteiger partial charge in [-0.2, -0.15) is 0 Å². The zero-order chi connectivity index (χ0) is 15.9. The highest BCUT2D eigenvalue weighted by Gasteiger charge is 2.52. The molecule has 0 radical (unpaired) electrons. The van der Waals surface area contributed by atoms with E-state index in [1.165, 1.54) is 5.56 Å². The molecule has 4 heteroatoms. The van der Waals surface area contributed by atoms with E-state index in [1.807, 2.05) is 37.6 Å². The van der Waals surface area contributed by atoms with Crippen LogP contribution in [0.1, 0.15) is 29.7 Å². The van der Waals surface area contributed by atoms with Gasteiger partial charge in [0.25, 0.3) is 0 Å². The minimum atomic E-state index is -0.762. The molecule has 0 amide bonds. The van der Waals surface area contributed by atoms with Crippen LogP contribution in [0, 0.1) is 18.8 Å². The third-order valence-corrected chi connectivity index (χ3v) is 5.51. The number of aryl methyl sites for hydroxylation is 1. The van der Waals surface area contributed by atoms with Crippen LogP contribution < -0.4 is 0 Å². The van der Waals surface area contributed by atoms with Crippen LogP contribution in [-0.4, -0.2) is 33.1 Å². The van der Waals surface area contributed by atoms with E-state index < -0.39 is 5.60 Å². The second kappa shape index (κ2) is 5.69. The Morgan fingerprint density at radius 3 is 2.91 bits per heavy atom. The Morgan fingerprint density at radius 2 is 2.17 bits per heavy atom. The van der Waals surface area contributed by atoms with Gasteiger partial charge in [-0.1, -0.05) is 12.1 Å². The predicted octanol–water partition coefficient (Wildman–Crippen LogP) is 2.51. The van der Waals surface area contributed by atoms with Crippen molar-refractivity contribution in [3.63, 3.8) is 0 Å². The van der Waals surface area contributed by atoms with Crippen LogP contribution in [0.2, 0.25) is 0 Å². The average molecular weight is 309 g/mol. The lowest BCUT2D eigenvalue weighted by Crippen LogP contribution is -2.35. The lowest BCUT2D eigenvalue weighted by molar-refractivity contribution is -0.0108. The summed E-state index contributed by atoms with van der Waals surface area (Å²) in [6.45, 7) is 4.95. The van der Waals surface area contributed by atoms with E-state index in [2.05, 4.69) is 27.0 Å². The number of likely N-dealkylation sites (tertiary alicyclic amines) is 1. The monoisotopic (exact) mass is 309 g/mol. The van der Waals surface area contributed by atoms with Gasteiger partial charge in [0.2, 0.25) is 0 Å². The van der Waals surface area contributed by atoms with Gasteiger partial charge in [0.05, 0.1) is 5.69 Å². The summed E-state index contributed by atoms with van der Waals surface area (Å²) in [7, 11) is 0. The number of rotatable bonds is 3. The molecule has 120 valence electrons. The van der Waals surface area contributed by atoms with Crippen LogP contribution in [0.4, 0.5) is 0 Å². The molecule has 4 rings (SSSR count). The van der Waals surface area contributed by atoms with Gasteiger partial charge in [0, 0.05) is 44.1 Å². The molecule has 0 unspecified atom stereocenters. The van der Waals surface area contributed by atoms with Crippen molar-refractivity contribution in [1.82, 2.24) is 14.9 Å². The summed E-state index contributed by atoms with van der Waals surface area (Å²) in [6.07, 6.45) is 7.52. The third-order valence-electron chi connectivity index (χ3n) is 5.51. The molecule has 2 aromatic heterocycles. The number of fused-ring (bicyclic) bond motifs is 1. The molecule has 1 saturated heterocycles. The Bertz CT molecular complexity index is 673. The van der Waals surface area contributed by atoms with Crippen LogP contribution >= 0.6 is 0 Å². The van der Waals surface area contributed by atoms with Gasteiger partial charge in [-0.25, -0.2) is 0 Å². The summed E-state index contributed by atoms with van der Waals surface area (Å²) in [6, 6.07) is 8.16. The van der Waals surface area contributed by atoms with E-state index in [0.29, 0.717) is 5.92 Å². The van der Waals surface area contributed by atoms with E-state index in [4.69, 9.17) is 0 Å². The zero-order valence-electron chi connectivity index (χ0n) is 13.5. The molecule has 1 N–H and O–H groups in total. The minimum Gasteiger partial charge on any atom is -0.383 e. The van der Waals surface area contributed by atoms with Crippen LogP contribution in [0.15, 0.2) is 42.9 Å². The van der Waals surface area contributed by atoms with Crippen molar-refractivity contribution in [1.29, 1.82) is 0 Å². The Morgan fingerprint density at radius 1 is 1.26 bits per heavy atom. The molecule has 3 atom stereocenters. The molecule has 1 aliphatic heterocycles. The molecular weight excluding hydrogens is 286 g/mol. The number of aromatic nitrogens is 2. The van der Waals surface area contributed by atoms with Crippen molar-refractivity contribution >= 4 is 0 Å². The molecule has 0 aromatic carbocycles. The summed E-state index contributed by atoms with van der Waals surface area (Å²) in [4.78, 5) is 11.2. The highest BCUT2D eigenvalue weighted by Crippen LogP contribution is 2.50. The van der Waals surface area contributed by atoms with Crippen molar-refractivity contribution in [2.45, 2.75) is 31.9 Å². The Kier molecular flexibility index (Phi) is 3.66. The standard InChI is InChI=1S/C19H23N3O/c1-14-4-5-18(21-9-14)19(23)7-6-16-12-22(13-17(16)19)11-15-3-2-8-20-10-15/h2-5,8-10,16-17,23H,6-7,11-13H2,1H3/t16-,17+,19-/m0/s1. The first-order chi connectivity index (χ1) is 11.1. The molecule has 2 aliphatic rings. The maximum absolute atomic E-state index is 11.3. The van der Waals surface area contributed by atoms with Gasteiger partial charge in [0.1, 0.15) is 5.60 Å². The van der Waals surface area contributed by atoms with Crippen LogP contribution in [0.5, 0.6) is 0 Å². The van der Waals surface area contributed by atoms with Crippen molar-refractivity contribution in [3.8, 4) is 0 Å². The van der Waals surface area contributed by atoms with E-state index in [0.717, 1.165) is 43.7 Å². The largest absolute Gasteiger partial charge is 0.383 e. The Hall–Kier alpha value is -1.78. The first-order valence-corrected chi connectivity index (χ1v) is 8.42. The van der Waals surface area contributed by atoms with Crippen molar-refractivity contribution in [2.24, 2.45) is 11.8 Å². The topological polar surface area (TPSA) is 49.2 Å². The number of nitrogens with zero attached hydrogens (tertiary/aromatic N) is 3. The number of hydrogen-bond donors (Lipinski definition) is 1. The van der Waals surface area contributed by atoms with Crippen molar-refractivity contribution < 1.29 is 5.11 Å². The molecule has 1 saturated carbocycles.